The lowest BCUT2D eigenvalue weighted by Gasteiger charge is -2.19. The van der Waals surface area contributed by atoms with Crippen LogP contribution in [0.15, 0.2) is 66.7 Å². The van der Waals surface area contributed by atoms with Crippen LogP contribution in [0.4, 0.5) is 13.2 Å². The Bertz CT molecular complexity index is 1220. The Morgan fingerprint density at radius 2 is 1.61 bits per heavy atom. The molecular weight excluding hydrogens is 435 g/mol. The molecule has 0 bridgehead atoms. The highest BCUT2D eigenvalue weighted by molar-refractivity contribution is 6.30. The second kappa shape index (κ2) is 7.92. The number of aliphatic carboxylic acids is 1. The molecule has 0 amide bonds. The quantitative estimate of drug-likeness (QED) is 0.449. The Labute approximate surface area is 178 Å². The van der Waals surface area contributed by atoms with Gasteiger partial charge in [-0.3, -0.25) is 0 Å². The minimum atomic E-state index is -4.62. The molecular formula is C21H13ClF3N3O3. The summed E-state index contributed by atoms with van der Waals surface area (Å²) in [5.74, 6) is -1.46. The summed E-state index contributed by atoms with van der Waals surface area (Å²) in [7, 11) is 0. The number of halogens is 4. The van der Waals surface area contributed by atoms with E-state index in [1.165, 1.54) is 24.3 Å². The fourth-order valence-electron chi connectivity index (χ4n) is 2.94. The minimum Gasteiger partial charge on any atom is -0.478 e. The molecule has 0 spiro atoms. The van der Waals surface area contributed by atoms with Crippen LogP contribution in [-0.2, 0) is 11.0 Å². The Morgan fingerprint density at radius 3 is 2.16 bits per heavy atom. The zero-order chi connectivity index (χ0) is 22.2. The SMILES string of the molecule is O=C(O)C(Oc1ccc(C(F)(F)F)cc1-n1nc2ccccc2n1)c1ccc(Cl)cc1. The second-order valence-corrected chi connectivity index (χ2v) is 6.98. The number of carbonyl (C=O) groups is 1. The van der Waals surface area contributed by atoms with Crippen molar-refractivity contribution in [2.45, 2.75) is 12.3 Å². The highest BCUT2D eigenvalue weighted by Crippen LogP contribution is 2.36. The molecule has 0 fully saturated rings. The van der Waals surface area contributed by atoms with Crippen LogP contribution in [0.1, 0.15) is 17.2 Å². The first-order valence-electron chi connectivity index (χ1n) is 8.91. The van der Waals surface area contributed by atoms with E-state index < -0.39 is 23.8 Å². The molecule has 158 valence electrons. The topological polar surface area (TPSA) is 77.2 Å². The van der Waals surface area contributed by atoms with Crippen molar-refractivity contribution >= 4 is 28.6 Å². The molecule has 0 radical (unpaired) electrons. The predicted molar refractivity (Wildman–Crippen MR) is 106 cm³/mol. The van der Waals surface area contributed by atoms with Crippen molar-refractivity contribution in [1.29, 1.82) is 0 Å². The molecule has 0 saturated carbocycles. The summed E-state index contributed by atoms with van der Waals surface area (Å²) in [6, 6.07) is 15.3. The van der Waals surface area contributed by atoms with Gasteiger partial charge in [-0.15, -0.1) is 15.0 Å². The first kappa shape index (κ1) is 20.7. The number of fused-ring (bicyclic) bond motifs is 1. The fourth-order valence-corrected chi connectivity index (χ4v) is 3.07. The summed E-state index contributed by atoms with van der Waals surface area (Å²) in [6.07, 6.45) is -6.11. The third-order valence-corrected chi connectivity index (χ3v) is 4.68. The van der Waals surface area contributed by atoms with Gasteiger partial charge < -0.3 is 9.84 Å². The molecule has 0 aliphatic rings. The number of hydrogen-bond acceptors (Lipinski definition) is 4. The summed E-state index contributed by atoms with van der Waals surface area (Å²) < 4.78 is 45.6. The lowest BCUT2D eigenvalue weighted by molar-refractivity contribution is -0.145. The number of hydrogen-bond donors (Lipinski definition) is 1. The number of ether oxygens (including phenoxy) is 1. The molecule has 10 heteroatoms. The minimum absolute atomic E-state index is 0.129. The number of rotatable bonds is 5. The highest BCUT2D eigenvalue weighted by atomic mass is 35.5. The van der Waals surface area contributed by atoms with Crippen molar-refractivity contribution in [1.82, 2.24) is 15.0 Å². The Hall–Kier alpha value is -3.59. The average Bonchev–Trinajstić information content (AvgIpc) is 3.16. The van der Waals surface area contributed by atoms with Crippen molar-refractivity contribution in [2.24, 2.45) is 0 Å². The molecule has 0 aliphatic carbocycles. The first-order valence-corrected chi connectivity index (χ1v) is 9.29. The zero-order valence-corrected chi connectivity index (χ0v) is 16.3. The summed E-state index contributed by atoms with van der Waals surface area (Å²) in [5.41, 5.74) is 0.0823. The van der Waals surface area contributed by atoms with E-state index in [9.17, 15) is 23.1 Å². The Kier molecular flexibility index (Phi) is 5.28. The van der Waals surface area contributed by atoms with E-state index in [4.69, 9.17) is 16.3 Å². The normalized spacial score (nSPS) is 12.6. The highest BCUT2D eigenvalue weighted by Gasteiger charge is 2.32. The van der Waals surface area contributed by atoms with Gasteiger partial charge in [-0.05, 0) is 42.5 Å². The molecule has 3 aromatic carbocycles. The molecule has 6 nitrogen and oxygen atoms in total. The maximum Gasteiger partial charge on any atom is 0.416 e. The Morgan fingerprint density at radius 1 is 1.00 bits per heavy atom. The van der Waals surface area contributed by atoms with Gasteiger partial charge in [0.2, 0.25) is 6.10 Å². The Balaban J connectivity index is 1.82. The van der Waals surface area contributed by atoms with Crippen LogP contribution in [0.25, 0.3) is 16.7 Å². The number of carboxylic acid groups (broad SMARTS) is 1. The molecule has 0 saturated heterocycles. The largest absolute Gasteiger partial charge is 0.478 e. The van der Waals surface area contributed by atoms with E-state index in [1.54, 1.807) is 24.3 Å². The molecule has 31 heavy (non-hydrogen) atoms. The van der Waals surface area contributed by atoms with Crippen molar-refractivity contribution < 1.29 is 27.8 Å². The van der Waals surface area contributed by atoms with Crippen LogP contribution in [-0.4, -0.2) is 26.1 Å². The van der Waals surface area contributed by atoms with Gasteiger partial charge in [-0.2, -0.15) is 13.2 Å². The van der Waals surface area contributed by atoms with Gasteiger partial charge in [0, 0.05) is 10.6 Å². The van der Waals surface area contributed by atoms with E-state index >= 15 is 0 Å². The van der Waals surface area contributed by atoms with Gasteiger partial charge in [0.1, 0.15) is 22.5 Å². The number of benzene rings is 3. The maximum atomic E-state index is 13.3. The van der Waals surface area contributed by atoms with E-state index in [1.807, 2.05) is 0 Å². The predicted octanol–water partition coefficient (Wildman–Crippen LogP) is 5.30. The van der Waals surface area contributed by atoms with Gasteiger partial charge in [0.25, 0.3) is 0 Å². The van der Waals surface area contributed by atoms with Gasteiger partial charge in [-0.1, -0.05) is 35.9 Å². The van der Waals surface area contributed by atoms with Crippen LogP contribution >= 0.6 is 11.6 Å². The molecule has 1 N–H and O–H groups in total. The zero-order valence-electron chi connectivity index (χ0n) is 15.5. The van der Waals surface area contributed by atoms with Crippen LogP contribution in [0.5, 0.6) is 5.75 Å². The third kappa shape index (κ3) is 4.31. The van der Waals surface area contributed by atoms with Crippen molar-refractivity contribution in [3.63, 3.8) is 0 Å². The fraction of sp³-hybridized carbons (Fsp3) is 0.0952. The standard InChI is InChI=1S/C21H13ClF3N3O3/c22-14-8-5-12(6-9-14)19(20(29)30)31-18-10-7-13(21(23,24)25)11-17(18)28-26-15-3-1-2-4-16(15)27-28/h1-11,19H,(H,29,30). The number of carboxylic acids is 1. The van der Waals surface area contributed by atoms with E-state index in [-0.39, 0.29) is 17.0 Å². The molecule has 4 rings (SSSR count). The van der Waals surface area contributed by atoms with Gasteiger partial charge >= 0.3 is 12.1 Å². The lowest BCUT2D eigenvalue weighted by atomic mass is 10.1. The van der Waals surface area contributed by atoms with E-state index in [0.717, 1.165) is 23.0 Å². The summed E-state index contributed by atoms with van der Waals surface area (Å²) in [4.78, 5) is 12.8. The molecule has 1 atom stereocenters. The monoisotopic (exact) mass is 447 g/mol. The second-order valence-electron chi connectivity index (χ2n) is 6.55. The molecule has 1 heterocycles. The van der Waals surface area contributed by atoms with Crippen LogP contribution in [0.3, 0.4) is 0 Å². The summed E-state index contributed by atoms with van der Waals surface area (Å²) >= 11 is 5.85. The molecule has 1 unspecified atom stereocenters. The molecule has 0 aliphatic heterocycles. The first-order chi connectivity index (χ1) is 14.7. The van der Waals surface area contributed by atoms with Crippen LogP contribution in [0, 0.1) is 0 Å². The number of aromatic nitrogens is 3. The number of alkyl halides is 3. The van der Waals surface area contributed by atoms with Crippen LogP contribution < -0.4 is 4.74 Å². The maximum absolute atomic E-state index is 13.3. The number of nitrogens with zero attached hydrogens (tertiary/aromatic N) is 3. The smallest absolute Gasteiger partial charge is 0.416 e. The summed E-state index contributed by atoms with van der Waals surface area (Å²) in [6.45, 7) is 0. The van der Waals surface area contributed by atoms with Crippen molar-refractivity contribution in [3.05, 3.63) is 82.9 Å². The van der Waals surface area contributed by atoms with Crippen molar-refractivity contribution in [3.8, 4) is 11.4 Å². The van der Waals surface area contributed by atoms with E-state index in [2.05, 4.69) is 10.2 Å². The third-order valence-electron chi connectivity index (χ3n) is 4.43. The van der Waals surface area contributed by atoms with Gasteiger partial charge in [0.05, 0.1) is 5.56 Å². The average molecular weight is 448 g/mol. The van der Waals surface area contributed by atoms with Crippen molar-refractivity contribution in [2.75, 3.05) is 0 Å². The molecule has 4 aromatic rings. The van der Waals surface area contributed by atoms with Crippen LogP contribution in [0.2, 0.25) is 5.02 Å². The summed E-state index contributed by atoms with van der Waals surface area (Å²) in [5, 5.41) is 18.4. The van der Waals surface area contributed by atoms with Gasteiger partial charge in [-0.25, -0.2) is 4.79 Å². The van der Waals surface area contributed by atoms with E-state index in [0.29, 0.717) is 16.1 Å². The van der Waals surface area contributed by atoms with Gasteiger partial charge in [0.15, 0.2) is 0 Å². The lowest BCUT2D eigenvalue weighted by Crippen LogP contribution is -2.19. The molecule has 1 aromatic heterocycles.